The molecule has 0 unspecified atom stereocenters. The van der Waals surface area contributed by atoms with Crippen molar-refractivity contribution in [2.45, 2.75) is 20.0 Å². The molecule has 0 fully saturated rings. The van der Waals surface area contributed by atoms with Gasteiger partial charge in [-0.2, -0.15) is 0 Å². The maximum absolute atomic E-state index is 13.6. The highest BCUT2D eigenvalue weighted by atomic mass is 19.1. The first-order chi connectivity index (χ1) is 9.60. The van der Waals surface area contributed by atoms with Crippen molar-refractivity contribution in [2.75, 3.05) is 0 Å². The van der Waals surface area contributed by atoms with Gasteiger partial charge in [0.25, 0.3) is 0 Å². The summed E-state index contributed by atoms with van der Waals surface area (Å²) in [6, 6.07) is 11.6. The molecule has 20 heavy (non-hydrogen) atoms. The second-order valence-electron chi connectivity index (χ2n) is 4.46. The summed E-state index contributed by atoms with van der Waals surface area (Å²) in [6.07, 6.45) is 0.954. The smallest absolute Gasteiger partial charge is 0.248 e. The largest absolute Gasteiger partial charge is 0.489 e. The van der Waals surface area contributed by atoms with E-state index in [4.69, 9.17) is 10.5 Å². The van der Waals surface area contributed by atoms with Gasteiger partial charge in [0.15, 0.2) is 0 Å². The Morgan fingerprint density at radius 1 is 1.20 bits per heavy atom. The highest BCUT2D eigenvalue weighted by Crippen LogP contribution is 2.17. The van der Waals surface area contributed by atoms with Crippen LogP contribution in [0.2, 0.25) is 0 Å². The normalized spacial score (nSPS) is 10.3. The molecule has 1 amide bonds. The number of aryl methyl sites for hydroxylation is 1. The van der Waals surface area contributed by atoms with Crippen LogP contribution >= 0.6 is 0 Å². The number of carbonyl (C=O) groups is 1. The van der Waals surface area contributed by atoms with Crippen LogP contribution in [0, 0.1) is 5.82 Å². The number of hydrogen-bond acceptors (Lipinski definition) is 2. The standard InChI is InChI=1S/C16H16FNO2/c1-2-11-3-6-14(7-4-11)20-10-13-9-12(16(18)19)5-8-15(13)17/h3-9H,2,10H2,1H3,(H2,18,19). The van der Waals surface area contributed by atoms with E-state index in [-0.39, 0.29) is 12.2 Å². The zero-order chi connectivity index (χ0) is 14.5. The maximum atomic E-state index is 13.6. The third kappa shape index (κ3) is 3.35. The second kappa shape index (κ2) is 6.19. The predicted molar refractivity (Wildman–Crippen MR) is 75.1 cm³/mol. The fourth-order valence-corrected chi connectivity index (χ4v) is 1.82. The lowest BCUT2D eigenvalue weighted by Crippen LogP contribution is -2.12. The summed E-state index contributed by atoms with van der Waals surface area (Å²) in [6.45, 7) is 2.12. The molecule has 0 bridgehead atoms. The van der Waals surface area contributed by atoms with Crippen molar-refractivity contribution in [3.8, 4) is 5.75 Å². The van der Waals surface area contributed by atoms with Gasteiger partial charge in [-0.1, -0.05) is 19.1 Å². The fraction of sp³-hybridized carbons (Fsp3) is 0.188. The molecular formula is C16H16FNO2. The monoisotopic (exact) mass is 273 g/mol. The van der Waals surface area contributed by atoms with E-state index in [1.165, 1.54) is 23.8 Å². The molecule has 104 valence electrons. The van der Waals surface area contributed by atoms with Crippen LogP contribution in [0.4, 0.5) is 4.39 Å². The van der Waals surface area contributed by atoms with E-state index in [1.54, 1.807) is 0 Å². The molecule has 0 aromatic heterocycles. The molecule has 4 heteroatoms. The number of nitrogens with two attached hydrogens (primary N) is 1. The van der Waals surface area contributed by atoms with Crippen LogP contribution in [0.25, 0.3) is 0 Å². The van der Waals surface area contributed by atoms with Crippen LogP contribution in [0.1, 0.15) is 28.4 Å². The Morgan fingerprint density at radius 2 is 1.90 bits per heavy atom. The Balaban J connectivity index is 2.09. The molecule has 0 heterocycles. The second-order valence-corrected chi connectivity index (χ2v) is 4.46. The summed E-state index contributed by atoms with van der Waals surface area (Å²) in [4.78, 5) is 11.1. The molecule has 2 aromatic carbocycles. The van der Waals surface area contributed by atoms with Crippen molar-refractivity contribution < 1.29 is 13.9 Å². The van der Waals surface area contributed by atoms with Gasteiger partial charge in [-0.05, 0) is 42.3 Å². The predicted octanol–water partition coefficient (Wildman–Crippen LogP) is 3.07. The van der Waals surface area contributed by atoms with Gasteiger partial charge in [0, 0.05) is 11.1 Å². The van der Waals surface area contributed by atoms with E-state index in [9.17, 15) is 9.18 Å². The molecular weight excluding hydrogens is 257 g/mol. The first kappa shape index (κ1) is 14.1. The van der Waals surface area contributed by atoms with Crippen molar-refractivity contribution in [1.29, 1.82) is 0 Å². The Bertz CT molecular complexity index is 608. The minimum absolute atomic E-state index is 0.0540. The van der Waals surface area contributed by atoms with Gasteiger partial charge in [-0.25, -0.2) is 4.39 Å². The number of carbonyl (C=O) groups excluding carboxylic acids is 1. The molecule has 0 atom stereocenters. The summed E-state index contributed by atoms with van der Waals surface area (Å²) in [5, 5.41) is 0. The third-order valence-corrected chi connectivity index (χ3v) is 3.06. The quantitative estimate of drug-likeness (QED) is 0.910. The lowest BCUT2D eigenvalue weighted by molar-refractivity contribution is 0.1000. The summed E-state index contributed by atoms with van der Waals surface area (Å²) in [5.41, 5.74) is 6.95. The number of rotatable bonds is 5. The third-order valence-electron chi connectivity index (χ3n) is 3.06. The number of hydrogen-bond donors (Lipinski definition) is 1. The summed E-state index contributed by atoms with van der Waals surface area (Å²) < 4.78 is 19.1. The molecule has 2 rings (SSSR count). The van der Waals surface area contributed by atoms with Crippen molar-refractivity contribution in [3.05, 3.63) is 65.0 Å². The molecule has 0 saturated heterocycles. The van der Waals surface area contributed by atoms with Crippen molar-refractivity contribution in [3.63, 3.8) is 0 Å². The lowest BCUT2D eigenvalue weighted by Gasteiger charge is -2.08. The molecule has 3 nitrogen and oxygen atoms in total. The molecule has 0 spiro atoms. The highest BCUT2D eigenvalue weighted by molar-refractivity contribution is 5.92. The van der Waals surface area contributed by atoms with Gasteiger partial charge in [-0.15, -0.1) is 0 Å². The summed E-state index contributed by atoms with van der Waals surface area (Å²) in [5.74, 6) is -0.343. The fourth-order valence-electron chi connectivity index (χ4n) is 1.82. The van der Waals surface area contributed by atoms with Crippen molar-refractivity contribution in [2.24, 2.45) is 5.73 Å². The highest BCUT2D eigenvalue weighted by Gasteiger charge is 2.08. The summed E-state index contributed by atoms with van der Waals surface area (Å²) >= 11 is 0. The Labute approximate surface area is 117 Å². The molecule has 0 saturated carbocycles. The van der Waals surface area contributed by atoms with Crippen LogP contribution in [0.15, 0.2) is 42.5 Å². The molecule has 0 radical (unpaired) electrons. The van der Waals surface area contributed by atoms with E-state index >= 15 is 0 Å². The SMILES string of the molecule is CCc1ccc(OCc2cc(C(N)=O)ccc2F)cc1. The molecule has 2 N–H and O–H groups in total. The minimum Gasteiger partial charge on any atom is -0.489 e. The zero-order valence-electron chi connectivity index (χ0n) is 11.2. The van der Waals surface area contributed by atoms with Gasteiger partial charge in [0.05, 0.1) is 0 Å². The Kier molecular flexibility index (Phi) is 4.35. The molecule has 2 aromatic rings. The van der Waals surface area contributed by atoms with Crippen LogP contribution < -0.4 is 10.5 Å². The van der Waals surface area contributed by atoms with Crippen LogP contribution in [-0.2, 0) is 13.0 Å². The van der Waals surface area contributed by atoms with E-state index in [0.29, 0.717) is 11.3 Å². The van der Waals surface area contributed by atoms with Crippen molar-refractivity contribution in [1.82, 2.24) is 0 Å². The van der Waals surface area contributed by atoms with Crippen molar-refractivity contribution >= 4 is 5.91 Å². The van der Waals surface area contributed by atoms with E-state index in [1.807, 2.05) is 24.3 Å². The molecule has 0 aliphatic carbocycles. The topological polar surface area (TPSA) is 52.3 Å². The number of amides is 1. The van der Waals surface area contributed by atoms with Crippen LogP contribution in [0.3, 0.4) is 0 Å². The Hall–Kier alpha value is -2.36. The maximum Gasteiger partial charge on any atom is 0.248 e. The van der Waals surface area contributed by atoms with Crippen LogP contribution in [0.5, 0.6) is 5.75 Å². The van der Waals surface area contributed by atoms with E-state index < -0.39 is 11.7 Å². The average Bonchev–Trinajstić information content (AvgIpc) is 2.46. The van der Waals surface area contributed by atoms with E-state index in [0.717, 1.165) is 6.42 Å². The number of benzene rings is 2. The number of ether oxygens (including phenoxy) is 1. The number of halogens is 1. The first-order valence-electron chi connectivity index (χ1n) is 6.40. The van der Waals surface area contributed by atoms with Gasteiger partial charge >= 0.3 is 0 Å². The van der Waals surface area contributed by atoms with E-state index in [2.05, 4.69) is 6.92 Å². The molecule has 0 aliphatic rings. The van der Waals surface area contributed by atoms with Gasteiger partial charge in [0.1, 0.15) is 18.2 Å². The van der Waals surface area contributed by atoms with Gasteiger partial charge in [0.2, 0.25) is 5.91 Å². The average molecular weight is 273 g/mol. The Morgan fingerprint density at radius 3 is 2.50 bits per heavy atom. The molecule has 0 aliphatic heterocycles. The minimum atomic E-state index is -0.585. The van der Waals surface area contributed by atoms with Crippen LogP contribution in [-0.4, -0.2) is 5.91 Å². The zero-order valence-corrected chi connectivity index (χ0v) is 11.2. The number of primary amides is 1. The van der Waals surface area contributed by atoms with Gasteiger partial charge in [-0.3, -0.25) is 4.79 Å². The first-order valence-corrected chi connectivity index (χ1v) is 6.40. The summed E-state index contributed by atoms with van der Waals surface area (Å²) in [7, 11) is 0. The lowest BCUT2D eigenvalue weighted by atomic mass is 10.1. The van der Waals surface area contributed by atoms with Gasteiger partial charge < -0.3 is 10.5 Å².